The number of aryl methyl sites for hydroxylation is 1. The Kier molecular flexibility index (Phi) is 5.30. The van der Waals surface area contributed by atoms with Crippen LogP contribution in [0.1, 0.15) is 48.9 Å². The summed E-state index contributed by atoms with van der Waals surface area (Å²) in [5, 5.41) is 8.11. The van der Waals surface area contributed by atoms with E-state index in [2.05, 4.69) is 135 Å². The molecule has 0 aromatic heterocycles. The molecule has 2 aliphatic carbocycles. The van der Waals surface area contributed by atoms with Gasteiger partial charge in [-0.05, 0) is 114 Å². The van der Waals surface area contributed by atoms with Gasteiger partial charge >= 0.3 is 0 Å². The van der Waals surface area contributed by atoms with E-state index in [0.29, 0.717) is 0 Å². The van der Waals surface area contributed by atoms with Crippen LogP contribution >= 0.6 is 0 Å². The minimum Gasteiger partial charge on any atom is -0.0619 e. The summed E-state index contributed by atoms with van der Waals surface area (Å²) < 4.78 is 0. The van der Waals surface area contributed by atoms with Crippen LogP contribution in [0.5, 0.6) is 0 Å². The summed E-state index contributed by atoms with van der Waals surface area (Å²) in [4.78, 5) is 0. The van der Waals surface area contributed by atoms with Crippen LogP contribution < -0.4 is 0 Å². The maximum Gasteiger partial charge on any atom is 0.0159 e. The molecule has 0 radical (unpaired) electrons. The summed E-state index contributed by atoms with van der Waals surface area (Å²) in [6.07, 6.45) is 4.93. The second-order valence-electron chi connectivity index (χ2n) is 13.1. The van der Waals surface area contributed by atoms with E-state index in [1.807, 2.05) is 0 Å². The zero-order valence-corrected chi connectivity index (χ0v) is 24.9. The summed E-state index contributed by atoms with van der Waals surface area (Å²) in [7, 11) is 0. The molecule has 0 aliphatic heterocycles. The van der Waals surface area contributed by atoms with E-state index >= 15 is 0 Å². The van der Waals surface area contributed by atoms with Gasteiger partial charge in [-0.25, -0.2) is 0 Å². The van der Waals surface area contributed by atoms with E-state index in [4.69, 9.17) is 0 Å². The molecule has 0 unspecified atom stereocenters. The number of rotatable bonds is 2. The summed E-state index contributed by atoms with van der Waals surface area (Å²) >= 11 is 0. The molecule has 0 bridgehead atoms. The molecule has 2 aliphatic rings. The third-order valence-corrected chi connectivity index (χ3v) is 10.5. The number of hydrogen-bond donors (Lipinski definition) is 0. The largest absolute Gasteiger partial charge is 0.0619 e. The van der Waals surface area contributed by atoms with E-state index in [1.165, 1.54) is 108 Å². The second-order valence-corrected chi connectivity index (χ2v) is 13.1. The van der Waals surface area contributed by atoms with Crippen molar-refractivity contribution in [3.63, 3.8) is 0 Å². The minimum atomic E-state index is -0.0673. The lowest BCUT2D eigenvalue weighted by molar-refractivity contribution is 0.645. The lowest BCUT2D eigenvalue weighted by Crippen LogP contribution is -2.23. The topological polar surface area (TPSA) is 0 Å². The molecule has 0 saturated heterocycles. The summed E-state index contributed by atoms with van der Waals surface area (Å²) in [6.45, 7) is 4.77. The third kappa shape index (κ3) is 3.44. The van der Waals surface area contributed by atoms with E-state index in [9.17, 15) is 0 Å². The predicted octanol–water partition coefficient (Wildman–Crippen LogP) is 11.7. The van der Waals surface area contributed by atoms with Crippen molar-refractivity contribution in [3.8, 4) is 33.4 Å². The van der Waals surface area contributed by atoms with Gasteiger partial charge in [0.25, 0.3) is 0 Å². The van der Waals surface area contributed by atoms with E-state index < -0.39 is 0 Å². The standard InChI is InChI=1S/C43H34/c1-43(2)38-23-10-9-16-29(38)36-25-26-37(35-22-12-24-39(43)42(35)36)41-33-19-7-5-17-31(33)40(32-18-6-8-20-34(32)41)30-21-11-14-27-13-3-4-15-28(27)30/h5-12,14,16-26H,3-4,13,15H2,1-2H3. The van der Waals surface area contributed by atoms with Crippen LogP contribution in [0.15, 0.2) is 121 Å². The number of benzene rings is 7. The Morgan fingerprint density at radius 2 is 0.953 bits per heavy atom. The first-order valence-corrected chi connectivity index (χ1v) is 15.8. The highest BCUT2D eigenvalue weighted by atomic mass is 14.4. The normalized spacial score (nSPS) is 15.0. The van der Waals surface area contributed by atoms with Gasteiger partial charge in [0.15, 0.2) is 0 Å². The molecular formula is C43H34. The maximum atomic E-state index is 2.40. The van der Waals surface area contributed by atoms with Crippen molar-refractivity contribution >= 4 is 32.3 Å². The summed E-state index contributed by atoms with van der Waals surface area (Å²) in [6, 6.07) is 46.0. The van der Waals surface area contributed by atoms with Crippen LogP contribution in [-0.4, -0.2) is 0 Å². The van der Waals surface area contributed by atoms with Gasteiger partial charge in [0.05, 0.1) is 0 Å². The highest BCUT2D eigenvalue weighted by Gasteiger charge is 2.34. The van der Waals surface area contributed by atoms with Gasteiger partial charge in [0.2, 0.25) is 0 Å². The molecule has 0 heteroatoms. The summed E-state index contributed by atoms with van der Waals surface area (Å²) in [5.74, 6) is 0. The smallest absolute Gasteiger partial charge is 0.0159 e. The third-order valence-electron chi connectivity index (χ3n) is 10.5. The zero-order valence-electron chi connectivity index (χ0n) is 24.9. The lowest BCUT2D eigenvalue weighted by Gasteiger charge is -2.35. The Morgan fingerprint density at radius 3 is 1.70 bits per heavy atom. The van der Waals surface area contributed by atoms with Crippen molar-refractivity contribution in [2.75, 3.05) is 0 Å². The van der Waals surface area contributed by atoms with E-state index in [-0.39, 0.29) is 5.41 Å². The molecule has 0 spiro atoms. The van der Waals surface area contributed by atoms with Crippen molar-refractivity contribution in [3.05, 3.63) is 144 Å². The minimum absolute atomic E-state index is 0.0673. The average Bonchev–Trinajstić information content (AvgIpc) is 3.06. The van der Waals surface area contributed by atoms with Crippen molar-refractivity contribution in [2.45, 2.75) is 44.9 Å². The van der Waals surface area contributed by atoms with Crippen molar-refractivity contribution in [1.82, 2.24) is 0 Å². The fraction of sp³-hybridized carbons (Fsp3) is 0.163. The van der Waals surface area contributed by atoms with Crippen molar-refractivity contribution in [1.29, 1.82) is 0 Å². The van der Waals surface area contributed by atoms with Crippen molar-refractivity contribution < 1.29 is 0 Å². The Bertz CT molecular complexity index is 2200. The van der Waals surface area contributed by atoms with Gasteiger partial charge in [0.1, 0.15) is 0 Å². The van der Waals surface area contributed by atoms with E-state index in [1.54, 1.807) is 5.56 Å². The van der Waals surface area contributed by atoms with Crippen LogP contribution in [-0.2, 0) is 18.3 Å². The molecule has 0 heterocycles. The first-order chi connectivity index (χ1) is 21.1. The quantitative estimate of drug-likeness (QED) is 0.188. The van der Waals surface area contributed by atoms with E-state index in [0.717, 1.165) is 0 Å². The Balaban J connectivity index is 1.42. The van der Waals surface area contributed by atoms with Crippen LogP contribution in [0.25, 0.3) is 65.7 Å². The lowest BCUT2D eigenvalue weighted by atomic mass is 9.68. The van der Waals surface area contributed by atoms with Gasteiger partial charge in [-0.2, -0.15) is 0 Å². The Labute approximate surface area is 253 Å². The monoisotopic (exact) mass is 550 g/mol. The molecule has 43 heavy (non-hydrogen) atoms. The van der Waals surface area contributed by atoms with Gasteiger partial charge in [-0.1, -0.05) is 135 Å². The van der Waals surface area contributed by atoms with Crippen LogP contribution in [0.2, 0.25) is 0 Å². The van der Waals surface area contributed by atoms with Crippen LogP contribution in [0, 0.1) is 0 Å². The maximum absolute atomic E-state index is 2.40. The fourth-order valence-corrected chi connectivity index (χ4v) is 8.50. The van der Waals surface area contributed by atoms with Crippen molar-refractivity contribution in [2.24, 2.45) is 0 Å². The summed E-state index contributed by atoms with van der Waals surface area (Å²) in [5.41, 5.74) is 14.1. The first kappa shape index (κ1) is 24.9. The molecule has 0 fully saturated rings. The molecule has 0 atom stereocenters. The molecule has 0 amide bonds. The van der Waals surface area contributed by atoms with Crippen LogP contribution in [0.3, 0.4) is 0 Å². The molecule has 0 saturated carbocycles. The average molecular weight is 551 g/mol. The fourth-order valence-electron chi connectivity index (χ4n) is 8.50. The number of hydrogen-bond acceptors (Lipinski definition) is 0. The Hall–Kier alpha value is -4.68. The van der Waals surface area contributed by atoms with Gasteiger partial charge < -0.3 is 0 Å². The Morgan fingerprint density at radius 1 is 0.419 bits per heavy atom. The molecule has 0 N–H and O–H groups in total. The molecule has 7 aromatic rings. The predicted molar refractivity (Wildman–Crippen MR) is 184 cm³/mol. The molecule has 7 aromatic carbocycles. The first-order valence-electron chi connectivity index (χ1n) is 15.8. The zero-order chi connectivity index (χ0) is 28.7. The molecular weight excluding hydrogens is 516 g/mol. The SMILES string of the molecule is CC1(C)c2ccccc2-c2ccc(-c3c4ccccc4c(-c4cccc5c4CCCC5)c4ccccc34)c3cccc1c23. The number of fused-ring (bicyclic) bond motifs is 5. The van der Waals surface area contributed by atoms with Crippen LogP contribution in [0.4, 0.5) is 0 Å². The van der Waals surface area contributed by atoms with Gasteiger partial charge in [-0.3, -0.25) is 0 Å². The highest BCUT2D eigenvalue weighted by molar-refractivity contribution is 6.24. The highest BCUT2D eigenvalue weighted by Crippen LogP contribution is 2.52. The molecule has 9 rings (SSSR count). The molecule has 206 valence electrons. The molecule has 0 nitrogen and oxygen atoms in total. The second kappa shape index (κ2) is 9.16. The van der Waals surface area contributed by atoms with Gasteiger partial charge in [0, 0.05) is 5.41 Å². The van der Waals surface area contributed by atoms with Gasteiger partial charge in [-0.15, -0.1) is 0 Å².